The van der Waals surface area contributed by atoms with Crippen molar-refractivity contribution in [1.29, 1.82) is 0 Å². The van der Waals surface area contributed by atoms with Crippen molar-refractivity contribution < 1.29 is 9.18 Å². The van der Waals surface area contributed by atoms with Crippen LogP contribution in [0.25, 0.3) is 0 Å². The maximum atomic E-state index is 13.1. The number of benzene rings is 1. The first kappa shape index (κ1) is 12.3. The normalized spacial score (nSPS) is 10.1. The molecule has 4 nitrogen and oxygen atoms in total. The highest BCUT2D eigenvalue weighted by Crippen LogP contribution is 2.14. The van der Waals surface area contributed by atoms with Crippen LogP contribution >= 0.6 is 11.6 Å². The number of carbonyl (C=O) groups is 1. The van der Waals surface area contributed by atoms with Crippen LogP contribution in [0.5, 0.6) is 0 Å². The molecule has 6 heteroatoms. The van der Waals surface area contributed by atoms with Gasteiger partial charge in [-0.2, -0.15) is 0 Å². The molecule has 3 N–H and O–H groups in total. The van der Waals surface area contributed by atoms with Crippen molar-refractivity contribution >= 4 is 29.0 Å². The maximum Gasteiger partial charge on any atom is 0.256 e. The summed E-state index contributed by atoms with van der Waals surface area (Å²) in [6, 6.07) is 8.41. The third-order valence-electron chi connectivity index (χ3n) is 2.14. The van der Waals surface area contributed by atoms with Crippen LogP contribution < -0.4 is 11.1 Å². The molecule has 0 radical (unpaired) electrons. The van der Waals surface area contributed by atoms with E-state index in [1.807, 2.05) is 0 Å². The van der Waals surface area contributed by atoms with E-state index in [0.29, 0.717) is 0 Å². The number of hydrogen-bond acceptors (Lipinski definition) is 3. The smallest absolute Gasteiger partial charge is 0.256 e. The lowest BCUT2D eigenvalue weighted by molar-refractivity contribution is 0.102. The monoisotopic (exact) mass is 265 g/mol. The number of nitrogens with two attached hydrogens (primary N) is 1. The fourth-order valence-electron chi connectivity index (χ4n) is 1.41. The lowest BCUT2D eigenvalue weighted by Crippen LogP contribution is -2.13. The van der Waals surface area contributed by atoms with Crippen molar-refractivity contribution in [2.24, 2.45) is 0 Å². The molecule has 1 aromatic heterocycles. The second kappa shape index (κ2) is 5.01. The molecule has 1 heterocycles. The largest absolute Gasteiger partial charge is 0.399 e. The van der Waals surface area contributed by atoms with Gasteiger partial charge in [-0.1, -0.05) is 17.7 Å². The van der Waals surface area contributed by atoms with Crippen molar-refractivity contribution in [2.45, 2.75) is 0 Å². The van der Waals surface area contributed by atoms with Gasteiger partial charge in [-0.25, -0.2) is 9.37 Å². The number of hydrogen-bond donors (Lipinski definition) is 2. The second-order valence-electron chi connectivity index (χ2n) is 3.57. The molecule has 0 aliphatic carbocycles. The maximum absolute atomic E-state index is 13.1. The van der Waals surface area contributed by atoms with Gasteiger partial charge in [-0.15, -0.1) is 0 Å². The summed E-state index contributed by atoms with van der Waals surface area (Å²) in [5, 5.41) is 2.75. The molecule has 0 aliphatic heterocycles. The second-order valence-corrected chi connectivity index (χ2v) is 3.96. The van der Waals surface area contributed by atoms with Gasteiger partial charge in [0, 0.05) is 11.3 Å². The average Bonchev–Trinajstić information content (AvgIpc) is 2.27. The van der Waals surface area contributed by atoms with Crippen LogP contribution in [0.4, 0.5) is 15.9 Å². The number of carbonyl (C=O) groups excluding carboxylic acids is 1. The van der Waals surface area contributed by atoms with E-state index in [0.717, 1.165) is 12.1 Å². The number of nitrogen functional groups attached to an aromatic ring is 1. The lowest BCUT2D eigenvalue weighted by atomic mass is 10.2. The Morgan fingerprint density at radius 3 is 2.78 bits per heavy atom. The Labute approximate surface area is 108 Å². The fourth-order valence-corrected chi connectivity index (χ4v) is 1.57. The molecule has 0 atom stereocenters. The molecular weight excluding hydrogens is 257 g/mol. The summed E-state index contributed by atoms with van der Waals surface area (Å²) in [6.45, 7) is 0. The Hall–Kier alpha value is -2.14. The Kier molecular flexibility index (Phi) is 3.43. The van der Waals surface area contributed by atoms with Crippen LogP contribution in [0.3, 0.4) is 0 Å². The minimum Gasteiger partial charge on any atom is -0.399 e. The van der Waals surface area contributed by atoms with E-state index in [1.165, 1.54) is 6.07 Å². The van der Waals surface area contributed by atoms with Crippen molar-refractivity contribution in [3.8, 4) is 0 Å². The number of halogens is 2. The van der Waals surface area contributed by atoms with Gasteiger partial charge in [-0.05, 0) is 30.3 Å². The Bertz CT molecular complexity index is 583. The van der Waals surface area contributed by atoms with Gasteiger partial charge < -0.3 is 11.1 Å². The summed E-state index contributed by atoms with van der Waals surface area (Å²) in [7, 11) is 0. The molecule has 2 aromatic rings. The van der Waals surface area contributed by atoms with E-state index in [9.17, 15) is 9.18 Å². The zero-order chi connectivity index (χ0) is 13.1. The average molecular weight is 266 g/mol. The first-order valence-electron chi connectivity index (χ1n) is 5.04. The zero-order valence-electron chi connectivity index (χ0n) is 9.15. The highest BCUT2D eigenvalue weighted by atomic mass is 35.5. The van der Waals surface area contributed by atoms with Gasteiger partial charge in [0.05, 0.1) is 0 Å². The molecule has 0 saturated heterocycles. The Balaban J connectivity index is 2.22. The fraction of sp³-hybridized carbons (Fsp3) is 0. The van der Waals surface area contributed by atoms with Gasteiger partial charge in [0.15, 0.2) is 0 Å². The number of nitrogens with zero attached hydrogens (tertiary/aromatic N) is 1. The first-order chi connectivity index (χ1) is 8.54. The number of rotatable bonds is 2. The number of anilines is 2. The minimum atomic E-state index is -0.570. The van der Waals surface area contributed by atoms with Crippen molar-refractivity contribution in [1.82, 2.24) is 4.98 Å². The number of pyridine rings is 1. The van der Waals surface area contributed by atoms with E-state index in [-0.39, 0.29) is 22.2 Å². The highest BCUT2D eigenvalue weighted by molar-refractivity contribution is 6.29. The topological polar surface area (TPSA) is 68.0 Å². The van der Waals surface area contributed by atoms with Gasteiger partial charge in [0.25, 0.3) is 5.91 Å². The molecule has 0 spiro atoms. The molecule has 0 saturated carbocycles. The molecule has 18 heavy (non-hydrogen) atoms. The van der Waals surface area contributed by atoms with Crippen LogP contribution in [-0.4, -0.2) is 10.9 Å². The number of aromatic nitrogens is 1. The van der Waals surface area contributed by atoms with Crippen LogP contribution in [0, 0.1) is 5.82 Å². The third-order valence-corrected chi connectivity index (χ3v) is 2.35. The van der Waals surface area contributed by atoms with Crippen LogP contribution in [0.2, 0.25) is 5.15 Å². The summed E-state index contributed by atoms with van der Waals surface area (Å²) in [4.78, 5) is 15.7. The molecule has 2 rings (SSSR count). The van der Waals surface area contributed by atoms with E-state index in [2.05, 4.69) is 10.3 Å². The predicted octanol–water partition coefficient (Wildman–Crippen LogP) is 2.71. The van der Waals surface area contributed by atoms with E-state index >= 15 is 0 Å². The predicted molar refractivity (Wildman–Crippen MR) is 68.0 cm³/mol. The minimum absolute atomic E-state index is 0.120. The summed E-state index contributed by atoms with van der Waals surface area (Å²) in [5.74, 6) is -0.787. The summed E-state index contributed by atoms with van der Waals surface area (Å²) >= 11 is 5.68. The Morgan fingerprint density at radius 2 is 2.11 bits per heavy atom. The zero-order valence-corrected chi connectivity index (χ0v) is 9.91. The van der Waals surface area contributed by atoms with Crippen molar-refractivity contribution in [3.63, 3.8) is 0 Å². The summed E-state index contributed by atoms with van der Waals surface area (Å²) < 4.78 is 13.1. The van der Waals surface area contributed by atoms with Crippen molar-refractivity contribution in [3.05, 3.63) is 52.9 Å². The molecule has 1 amide bonds. The van der Waals surface area contributed by atoms with Gasteiger partial charge >= 0.3 is 0 Å². The summed E-state index contributed by atoms with van der Waals surface area (Å²) in [5.41, 5.74) is 5.76. The summed E-state index contributed by atoms with van der Waals surface area (Å²) in [6.07, 6.45) is 0. The quantitative estimate of drug-likeness (QED) is 0.648. The molecule has 0 aliphatic rings. The molecule has 92 valence electrons. The number of nitrogens with one attached hydrogen (secondary N) is 1. The lowest BCUT2D eigenvalue weighted by Gasteiger charge is -2.05. The van der Waals surface area contributed by atoms with Gasteiger partial charge in [-0.3, -0.25) is 4.79 Å². The van der Waals surface area contributed by atoms with Crippen LogP contribution in [0.15, 0.2) is 36.4 Å². The molecule has 0 unspecified atom stereocenters. The SMILES string of the molecule is Nc1cc(F)cc(C(=O)Nc2cccc(Cl)n2)c1. The van der Waals surface area contributed by atoms with E-state index in [4.69, 9.17) is 17.3 Å². The van der Waals surface area contributed by atoms with E-state index < -0.39 is 11.7 Å². The van der Waals surface area contributed by atoms with Gasteiger partial charge in [0.2, 0.25) is 0 Å². The molecule has 1 aromatic carbocycles. The highest BCUT2D eigenvalue weighted by Gasteiger charge is 2.09. The standard InChI is InChI=1S/C12H9ClFN3O/c13-10-2-1-3-11(16-10)17-12(18)7-4-8(14)6-9(15)5-7/h1-6H,15H2,(H,16,17,18). The molecular formula is C12H9ClFN3O. The third kappa shape index (κ3) is 2.95. The molecule has 0 fully saturated rings. The van der Waals surface area contributed by atoms with Crippen molar-refractivity contribution in [2.75, 3.05) is 11.1 Å². The first-order valence-corrected chi connectivity index (χ1v) is 5.42. The van der Waals surface area contributed by atoms with Gasteiger partial charge in [0.1, 0.15) is 16.8 Å². The molecule has 0 bridgehead atoms. The van der Waals surface area contributed by atoms with Crippen LogP contribution in [-0.2, 0) is 0 Å². The van der Waals surface area contributed by atoms with Crippen LogP contribution in [0.1, 0.15) is 10.4 Å². The number of amides is 1. The van der Waals surface area contributed by atoms with E-state index in [1.54, 1.807) is 18.2 Å². The Morgan fingerprint density at radius 1 is 1.33 bits per heavy atom.